The van der Waals surface area contributed by atoms with Gasteiger partial charge in [0.05, 0.1) is 24.5 Å². The van der Waals surface area contributed by atoms with Crippen LogP contribution in [0, 0.1) is 13.8 Å². The van der Waals surface area contributed by atoms with E-state index < -0.39 is 21.9 Å². The molecule has 3 rings (SSSR count). The van der Waals surface area contributed by atoms with Crippen LogP contribution < -0.4 is 4.31 Å². The third-order valence-electron chi connectivity index (χ3n) is 5.05. The Labute approximate surface area is 177 Å². The quantitative estimate of drug-likeness (QED) is 0.539. The van der Waals surface area contributed by atoms with Gasteiger partial charge >= 0.3 is 0 Å². The summed E-state index contributed by atoms with van der Waals surface area (Å²) in [4.78, 5) is 16.0. The fourth-order valence-electron chi connectivity index (χ4n) is 3.27. The van der Waals surface area contributed by atoms with Crippen molar-refractivity contribution in [2.75, 3.05) is 10.9 Å². The first-order valence-corrected chi connectivity index (χ1v) is 11.2. The molecule has 0 saturated carbocycles. The number of anilines is 1. The third kappa shape index (κ3) is 4.47. The van der Waals surface area contributed by atoms with Crippen molar-refractivity contribution in [3.63, 3.8) is 0 Å². The number of aliphatic hydroxyl groups excluding tert-OH is 1. The van der Waals surface area contributed by atoms with E-state index in [0.717, 1.165) is 11.1 Å². The fourth-order valence-corrected chi connectivity index (χ4v) is 4.62. The van der Waals surface area contributed by atoms with Gasteiger partial charge in [-0.3, -0.25) is 9.10 Å². The molecule has 0 aliphatic heterocycles. The Morgan fingerprint density at radius 2 is 1.77 bits per heavy atom. The van der Waals surface area contributed by atoms with Crippen molar-refractivity contribution in [1.29, 1.82) is 0 Å². The van der Waals surface area contributed by atoms with Crippen molar-refractivity contribution in [2.45, 2.75) is 32.6 Å². The van der Waals surface area contributed by atoms with E-state index in [-0.39, 0.29) is 12.3 Å². The number of carbonyl (C=O) groups excluding carboxylic acids is 1. The lowest BCUT2D eigenvalue weighted by Crippen LogP contribution is -2.39. The molecular formula is C23H26N2O4S. The molecule has 0 amide bonds. The predicted molar refractivity (Wildman–Crippen MR) is 118 cm³/mol. The van der Waals surface area contributed by atoms with Gasteiger partial charge in [-0.1, -0.05) is 42.0 Å². The summed E-state index contributed by atoms with van der Waals surface area (Å²) in [6.45, 7) is 4.88. The number of sulfonamides is 1. The SMILES string of the molecule is Cc1ccc(C(=O)c2ccc(CN(c3ccccc3)S(=O)(=O)C(C)CO)[nH]2)c(C)c1. The molecule has 0 spiro atoms. The summed E-state index contributed by atoms with van der Waals surface area (Å²) in [5, 5.41) is 8.47. The number of aliphatic hydroxyl groups is 1. The standard InChI is InChI=1S/C23H26N2O4S/c1-16-9-11-21(17(2)13-16)23(27)22-12-10-19(24-22)14-25(20-7-5-4-6-8-20)30(28,29)18(3)15-26/h4-13,18,24,26H,14-15H2,1-3H3. The Bertz CT molecular complexity index is 1140. The average Bonchev–Trinajstić information content (AvgIpc) is 3.20. The molecule has 0 fully saturated rings. The van der Waals surface area contributed by atoms with Gasteiger partial charge < -0.3 is 10.1 Å². The maximum Gasteiger partial charge on any atom is 0.240 e. The van der Waals surface area contributed by atoms with Crippen LogP contribution in [0.15, 0.2) is 60.7 Å². The number of hydrogen-bond acceptors (Lipinski definition) is 4. The minimum absolute atomic E-state index is 0.0246. The molecule has 2 aromatic carbocycles. The highest BCUT2D eigenvalue weighted by Gasteiger charge is 2.29. The van der Waals surface area contributed by atoms with E-state index in [0.29, 0.717) is 22.6 Å². The summed E-state index contributed by atoms with van der Waals surface area (Å²) in [6.07, 6.45) is 0. The Hall–Kier alpha value is -2.90. The summed E-state index contributed by atoms with van der Waals surface area (Å²) in [5.41, 5.74) is 4.06. The first-order chi connectivity index (χ1) is 14.2. The molecule has 1 heterocycles. The third-order valence-corrected chi connectivity index (χ3v) is 7.17. The number of ketones is 1. The Kier molecular flexibility index (Phi) is 6.43. The van der Waals surface area contributed by atoms with E-state index in [1.165, 1.54) is 11.2 Å². The Morgan fingerprint density at radius 3 is 2.40 bits per heavy atom. The highest BCUT2D eigenvalue weighted by Crippen LogP contribution is 2.24. The van der Waals surface area contributed by atoms with E-state index in [4.69, 9.17) is 0 Å². The maximum atomic E-state index is 13.0. The second-order valence-electron chi connectivity index (χ2n) is 7.43. The molecule has 6 nitrogen and oxygen atoms in total. The van der Waals surface area contributed by atoms with Crippen LogP contribution in [0.25, 0.3) is 0 Å². The van der Waals surface area contributed by atoms with Crippen LogP contribution >= 0.6 is 0 Å². The van der Waals surface area contributed by atoms with Crippen LogP contribution in [0.3, 0.4) is 0 Å². The van der Waals surface area contributed by atoms with Crippen LogP contribution in [0.2, 0.25) is 0 Å². The van der Waals surface area contributed by atoms with Crippen molar-refractivity contribution in [3.8, 4) is 0 Å². The number of hydrogen-bond donors (Lipinski definition) is 2. The van der Waals surface area contributed by atoms with Crippen molar-refractivity contribution < 1.29 is 18.3 Å². The van der Waals surface area contributed by atoms with E-state index in [1.807, 2.05) is 26.0 Å². The average molecular weight is 427 g/mol. The molecule has 30 heavy (non-hydrogen) atoms. The van der Waals surface area contributed by atoms with Gasteiger partial charge in [0.1, 0.15) is 5.25 Å². The number of aromatic nitrogens is 1. The number of rotatable bonds is 8. The second kappa shape index (κ2) is 8.85. The lowest BCUT2D eigenvalue weighted by Gasteiger charge is -2.26. The summed E-state index contributed by atoms with van der Waals surface area (Å²) < 4.78 is 27.2. The van der Waals surface area contributed by atoms with E-state index in [2.05, 4.69) is 4.98 Å². The molecular weight excluding hydrogens is 400 g/mol. The van der Waals surface area contributed by atoms with Gasteiger partial charge in [0, 0.05) is 11.3 Å². The molecule has 0 bridgehead atoms. The van der Waals surface area contributed by atoms with Gasteiger partial charge in [0.2, 0.25) is 15.8 Å². The molecule has 0 saturated heterocycles. The largest absolute Gasteiger partial charge is 0.395 e. The number of aromatic amines is 1. The lowest BCUT2D eigenvalue weighted by atomic mass is 10.0. The van der Waals surface area contributed by atoms with Crippen LogP contribution in [0.1, 0.15) is 39.8 Å². The number of nitrogens with one attached hydrogen (secondary N) is 1. The highest BCUT2D eigenvalue weighted by molar-refractivity contribution is 7.93. The summed E-state index contributed by atoms with van der Waals surface area (Å²) >= 11 is 0. The Morgan fingerprint density at radius 1 is 1.07 bits per heavy atom. The van der Waals surface area contributed by atoms with Gasteiger partial charge in [0.25, 0.3) is 0 Å². The minimum atomic E-state index is -3.80. The van der Waals surface area contributed by atoms with E-state index in [9.17, 15) is 18.3 Å². The van der Waals surface area contributed by atoms with Gasteiger partial charge in [-0.25, -0.2) is 8.42 Å². The van der Waals surface area contributed by atoms with Gasteiger partial charge in [0.15, 0.2) is 0 Å². The molecule has 3 aromatic rings. The summed E-state index contributed by atoms with van der Waals surface area (Å²) in [7, 11) is -3.80. The Balaban J connectivity index is 1.92. The number of H-pyrrole nitrogens is 1. The maximum absolute atomic E-state index is 13.0. The van der Waals surface area contributed by atoms with Crippen LogP contribution in [0.4, 0.5) is 5.69 Å². The van der Waals surface area contributed by atoms with Crippen LogP contribution in [-0.4, -0.2) is 36.1 Å². The first kappa shape index (κ1) is 21.8. The smallest absolute Gasteiger partial charge is 0.240 e. The number of benzene rings is 2. The first-order valence-electron chi connectivity index (χ1n) is 9.71. The van der Waals surface area contributed by atoms with E-state index in [1.54, 1.807) is 48.5 Å². The molecule has 1 atom stereocenters. The lowest BCUT2D eigenvalue weighted by molar-refractivity contribution is 0.103. The fraction of sp³-hybridized carbons (Fsp3) is 0.261. The monoisotopic (exact) mass is 426 g/mol. The van der Waals surface area contributed by atoms with Crippen molar-refractivity contribution >= 4 is 21.5 Å². The number of aryl methyl sites for hydroxylation is 2. The van der Waals surface area contributed by atoms with Gasteiger partial charge in [-0.15, -0.1) is 0 Å². The van der Waals surface area contributed by atoms with Crippen molar-refractivity contribution in [3.05, 3.63) is 88.7 Å². The molecule has 0 aliphatic rings. The van der Waals surface area contributed by atoms with Gasteiger partial charge in [-0.2, -0.15) is 0 Å². The number of para-hydroxylation sites is 1. The molecule has 7 heteroatoms. The predicted octanol–water partition coefficient (Wildman–Crippen LogP) is 3.58. The summed E-state index contributed by atoms with van der Waals surface area (Å²) in [5.74, 6) is -0.142. The minimum Gasteiger partial charge on any atom is -0.395 e. The zero-order chi connectivity index (χ0) is 21.9. The van der Waals surface area contributed by atoms with E-state index >= 15 is 0 Å². The number of carbonyl (C=O) groups is 1. The van der Waals surface area contributed by atoms with Gasteiger partial charge in [-0.05, 0) is 50.6 Å². The van der Waals surface area contributed by atoms with Crippen molar-refractivity contribution in [2.24, 2.45) is 0 Å². The molecule has 1 aromatic heterocycles. The van der Waals surface area contributed by atoms with Crippen LogP contribution in [0.5, 0.6) is 0 Å². The zero-order valence-corrected chi connectivity index (χ0v) is 18.1. The zero-order valence-electron chi connectivity index (χ0n) is 17.3. The normalized spacial score (nSPS) is 12.5. The van der Waals surface area contributed by atoms with Crippen LogP contribution in [-0.2, 0) is 16.6 Å². The molecule has 2 N–H and O–H groups in total. The number of nitrogens with zero attached hydrogens (tertiary/aromatic N) is 1. The topological polar surface area (TPSA) is 90.5 Å². The second-order valence-corrected chi connectivity index (χ2v) is 9.70. The molecule has 0 aliphatic carbocycles. The highest BCUT2D eigenvalue weighted by atomic mass is 32.2. The molecule has 158 valence electrons. The van der Waals surface area contributed by atoms with Crippen molar-refractivity contribution in [1.82, 2.24) is 4.98 Å². The summed E-state index contributed by atoms with van der Waals surface area (Å²) in [6, 6.07) is 17.8. The molecule has 1 unspecified atom stereocenters. The molecule has 0 radical (unpaired) electrons.